The lowest BCUT2D eigenvalue weighted by Gasteiger charge is -2.20. The van der Waals surface area contributed by atoms with Gasteiger partial charge in [-0.25, -0.2) is 4.79 Å². The molecule has 4 nitrogen and oxygen atoms in total. The van der Waals surface area contributed by atoms with Crippen molar-refractivity contribution >= 4 is 38.6 Å². The minimum atomic E-state index is -0.684. The third-order valence-corrected chi connectivity index (χ3v) is 5.30. The van der Waals surface area contributed by atoms with Crippen LogP contribution in [0.5, 0.6) is 0 Å². The van der Waals surface area contributed by atoms with Crippen LogP contribution in [-0.2, 0) is 9.53 Å². The predicted octanol–water partition coefficient (Wildman–Crippen LogP) is 5.59. The normalized spacial score (nSPS) is 12.0. The van der Waals surface area contributed by atoms with E-state index in [0.29, 0.717) is 12.0 Å². The summed E-state index contributed by atoms with van der Waals surface area (Å²) in [6.07, 6.45) is 0.512. The third kappa shape index (κ3) is 4.85. The molecule has 0 saturated carbocycles. The SMILES string of the molecule is COC(=O)C(CC(C)C)NC(=O)c1ccc(Br)cc1-c1cccc2ccccc12. The van der Waals surface area contributed by atoms with Gasteiger partial charge in [0.2, 0.25) is 0 Å². The van der Waals surface area contributed by atoms with Gasteiger partial charge in [0.25, 0.3) is 5.91 Å². The van der Waals surface area contributed by atoms with Gasteiger partial charge in [-0.1, -0.05) is 72.2 Å². The Bertz CT molecular complexity index is 1040. The zero-order valence-corrected chi connectivity index (χ0v) is 18.3. The lowest BCUT2D eigenvalue weighted by atomic mass is 9.94. The van der Waals surface area contributed by atoms with Crippen molar-refractivity contribution in [1.82, 2.24) is 5.32 Å². The molecule has 0 spiro atoms. The fourth-order valence-electron chi connectivity index (χ4n) is 3.46. The van der Waals surface area contributed by atoms with E-state index >= 15 is 0 Å². The molecule has 0 radical (unpaired) electrons. The first-order chi connectivity index (χ1) is 13.9. The fraction of sp³-hybridized carbons (Fsp3) is 0.250. The molecule has 1 unspecified atom stereocenters. The number of rotatable bonds is 6. The lowest BCUT2D eigenvalue weighted by molar-refractivity contribution is -0.143. The Labute approximate surface area is 179 Å². The average Bonchev–Trinajstić information content (AvgIpc) is 2.71. The number of fused-ring (bicyclic) bond motifs is 1. The fourth-order valence-corrected chi connectivity index (χ4v) is 3.82. The topological polar surface area (TPSA) is 55.4 Å². The maximum atomic E-state index is 13.2. The van der Waals surface area contributed by atoms with Gasteiger partial charge in [-0.2, -0.15) is 0 Å². The van der Waals surface area contributed by atoms with Crippen LogP contribution >= 0.6 is 15.9 Å². The van der Waals surface area contributed by atoms with Crippen LogP contribution < -0.4 is 5.32 Å². The highest BCUT2D eigenvalue weighted by molar-refractivity contribution is 9.10. The van der Waals surface area contributed by atoms with Crippen molar-refractivity contribution in [3.05, 3.63) is 70.7 Å². The molecular weight excluding hydrogens is 430 g/mol. The van der Waals surface area contributed by atoms with E-state index in [0.717, 1.165) is 26.4 Å². The first kappa shape index (κ1) is 21.1. The first-order valence-corrected chi connectivity index (χ1v) is 10.4. The van der Waals surface area contributed by atoms with Crippen molar-refractivity contribution in [2.75, 3.05) is 7.11 Å². The van der Waals surface area contributed by atoms with E-state index < -0.39 is 12.0 Å². The van der Waals surface area contributed by atoms with E-state index in [2.05, 4.69) is 21.2 Å². The number of hydrogen-bond acceptors (Lipinski definition) is 3. The van der Waals surface area contributed by atoms with E-state index in [4.69, 9.17) is 4.74 Å². The van der Waals surface area contributed by atoms with Crippen LogP contribution in [0.15, 0.2) is 65.1 Å². The number of ether oxygens (including phenoxy) is 1. The molecule has 1 atom stereocenters. The Morgan fingerprint density at radius 2 is 1.72 bits per heavy atom. The van der Waals surface area contributed by atoms with Gasteiger partial charge >= 0.3 is 5.97 Å². The van der Waals surface area contributed by atoms with Crippen molar-refractivity contribution in [2.24, 2.45) is 5.92 Å². The van der Waals surface area contributed by atoms with E-state index in [1.165, 1.54) is 7.11 Å². The van der Waals surface area contributed by atoms with Crippen molar-refractivity contribution in [3.8, 4) is 11.1 Å². The number of methoxy groups -OCH3 is 1. The number of nitrogens with one attached hydrogen (secondary N) is 1. The number of benzene rings is 3. The Morgan fingerprint density at radius 3 is 2.45 bits per heavy atom. The van der Waals surface area contributed by atoms with Gasteiger partial charge in [0, 0.05) is 10.0 Å². The molecule has 3 rings (SSSR count). The molecule has 0 aliphatic rings. The minimum absolute atomic E-state index is 0.238. The Morgan fingerprint density at radius 1 is 1.00 bits per heavy atom. The average molecular weight is 454 g/mol. The number of carbonyl (C=O) groups is 2. The highest BCUT2D eigenvalue weighted by Gasteiger charge is 2.24. The number of amides is 1. The summed E-state index contributed by atoms with van der Waals surface area (Å²) in [4.78, 5) is 25.3. The second-order valence-electron chi connectivity index (χ2n) is 7.40. The summed E-state index contributed by atoms with van der Waals surface area (Å²) in [6.45, 7) is 4.01. The molecule has 1 N–H and O–H groups in total. The molecular formula is C24H24BrNO3. The summed E-state index contributed by atoms with van der Waals surface area (Å²) in [5.74, 6) is -0.491. The van der Waals surface area contributed by atoms with Gasteiger partial charge in [-0.05, 0) is 52.4 Å². The van der Waals surface area contributed by atoms with Gasteiger partial charge in [0.15, 0.2) is 0 Å². The molecule has 150 valence electrons. The molecule has 0 bridgehead atoms. The van der Waals surface area contributed by atoms with Crippen molar-refractivity contribution < 1.29 is 14.3 Å². The molecule has 0 aliphatic heterocycles. The maximum absolute atomic E-state index is 13.2. The second kappa shape index (κ2) is 9.23. The van der Waals surface area contributed by atoms with Gasteiger partial charge in [-0.3, -0.25) is 4.79 Å². The van der Waals surface area contributed by atoms with Crippen LogP contribution in [0.1, 0.15) is 30.6 Å². The van der Waals surface area contributed by atoms with E-state index in [1.54, 1.807) is 6.07 Å². The van der Waals surface area contributed by atoms with E-state index in [9.17, 15) is 9.59 Å². The molecule has 3 aromatic carbocycles. The molecule has 0 saturated heterocycles. The predicted molar refractivity (Wildman–Crippen MR) is 120 cm³/mol. The molecule has 0 aromatic heterocycles. The van der Waals surface area contributed by atoms with Gasteiger partial charge in [-0.15, -0.1) is 0 Å². The number of esters is 1. The summed E-state index contributed by atoms with van der Waals surface area (Å²) in [5.41, 5.74) is 2.29. The first-order valence-electron chi connectivity index (χ1n) is 9.57. The Hall–Kier alpha value is -2.66. The smallest absolute Gasteiger partial charge is 0.328 e. The van der Waals surface area contributed by atoms with Crippen molar-refractivity contribution in [2.45, 2.75) is 26.3 Å². The van der Waals surface area contributed by atoms with Gasteiger partial charge < -0.3 is 10.1 Å². The molecule has 0 fully saturated rings. The van der Waals surface area contributed by atoms with Crippen LogP contribution in [0, 0.1) is 5.92 Å². The van der Waals surface area contributed by atoms with E-state index in [-0.39, 0.29) is 11.8 Å². The minimum Gasteiger partial charge on any atom is -0.467 e. The summed E-state index contributed by atoms with van der Waals surface area (Å²) in [6, 6.07) is 19.0. The Balaban J connectivity index is 2.05. The summed E-state index contributed by atoms with van der Waals surface area (Å²) >= 11 is 3.52. The molecule has 0 aliphatic carbocycles. The monoisotopic (exact) mass is 453 g/mol. The van der Waals surface area contributed by atoms with Gasteiger partial charge in [0.05, 0.1) is 7.11 Å². The molecule has 5 heteroatoms. The number of halogens is 1. The highest BCUT2D eigenvalue weighted by Crippen LogP contribution is 2.33. The highest BCUT2D eigenvalue weighted by atomic mass is 79.9. The van der Waals surface area contributed by atoms with Gasteiger partial charge in [0.1, 0.15) is 6.04 Å². The summed E-state index contributed by atoms with van der Waals surface area (Å²) in [5, 5.41) is 5.03. The zero-order valence-electron chi connectivity index (χ0n) is 16.7. The largest absolute Gasteiger partial charge is 0.467 e. The maximum Gasteiger partial charge on any atom is 0.328 e. The molecule has 3 aromatic rings. The summed E-state index contributed by atoms with van der Waals surface area (Å²) in [7, 11) is 1.34. The van der Waals surface area contributed by atoms with Crippen LogP contribution in [0.3, 0.4) is 0 Å². The van der Waals surface area contributed by atoms with Crippen molar-refractivity contribution in [3.63, 3.8) is 0 Å². The molecule has 29 heavy (non-hydrogen) atoms. The number of carbonyl (C=O) groups excluding carboxylic acids is 2. The zero-order chi connectivity index (χ0) is 21.0. The quantitative estimate of drug-likeness (QED) is 0.495. The Kier molecular flexibility index (Phi) is 6.70. The summed E-state index contributed by atoms with van der Waals surface area (Å²) < 4.78 is 5.76. The third-order valence-electron chi connectivity index (χ3n) is 4.80. The molecule has 1 amide bonds. The van der Waals surface area contributed by atoms with Crippen LogP contribution in [0.2, 0.25) is 0 Å². The lowest BCUT2D eigenvalue weighted by Crippen LogP contribution is -2.42. The van der Waals surface area contributed by atoms with E-state index in [1.807, 2.05) is 68.4 Å². The van der Waals surface area contributed by atoms with Crippen LogP contribution in [-0.4, -0.2) is 25.0 Å². The van der Waals surface area contributed by atoms with Crippen LogP contribution in [0.25, 0.3) is 21.9 Å². The second-order valence-corrected chi connectivity index (χ2v) is 8.31. The number of hydrogen-bond donors (Lipinski definition) is 1. The van der Waals surface area contributed by atoms with Crippen molar-refractivity contribution in [1.29, 1.82) is 0 Å². The van der Waals surface area contributed by atoms with Crippen LogP contribution in [0.4, 0.5) is 0 Å². The standard InChI is InChI=1S/C24H24BrNO3/c1-15(2)13-22(24(28)29-3)26-23(27)20-12-11-17(25)14-21(20)19-10-6-8-16-7-4-5-9-18(16)19/h4-12,14-15,22H,13H2,1-3H3,(H,26,27). The molecule has 0 heterocycles.